The highest BCUT2D eigenvalue weighted by Crippen LogP contribution is 2.47. The van der Waals surface area contributed by atoms with Crippen molar-refractivity contribution >= 4 is 32.8 Å². The largest absolute Gasteiger partial charge is 0.413 e. The van der Waals surface area contributed by atoms with Crippen molar-refractivity contribution in [2.24, 2.45) is 17.3 Å². The van der Waals surface area contributed by atoms with Crippen molar-refractivity contribution in [2.75, 3.05) is 13.2 Å². The van der Waals surface area contributed by atoms with Crippen molar-refractivity contribution in [1.82, 2.24) is 0 Å². The molecular weight excluding hydrogens is 717 g/mol. The third-order valence-electron chi connectivity index (χ3n) is 13.2. The molecule has 0 aromatic heterocycles. The van der Waals surface area contributed by atoms with Crippen molar-refractivity contribution in [3.8, 4) is 0 Å². The molecule has 0 N–H and O–H groups in total. The molecule has 0 spiro atoms. The SMILES string of the molecule is CC(C)=CCC/C(=C/CC/C(C)=C/C[C@H]1CCC(=O)[C@@H](CC/C(C)=C/CO[Si](C)(C)C(C)(C)C)C1(C)C)CO[Si](c1ccccc1)(c1ccccc1)C(C)(C)C. The van der Waals surface area contributed by atoms with Crippen LogP contribution in [0.1, 0.15) is 141 Å². The van der Waals surface area contributed by atoms with Gasteiger partial charge in [0.2, 0.25) is 0 Å². The molecule has 3 rings (SSSR count). The monoisotopic (exact) mass is 797 g/mol. The third kappa shape index (κ3) is 13.2. The fourth-order valence-electron chi connectivity index (χ4n) is 8.29. The molecule has 0 saturated heterocycles. The van der Waals surface area contributed by atoms with Crippen molar-refractivity contribution in [2.45, 2.75) is 164 Å². The van der Waals surface area contributed by atoms with E-state index in [1.807, 2.05) is 0 Å². The van der Waals surface area contributed by atoms with Crippen LogP contribution in [0.3, 0.4) is 0 Å². The van der Waals surface area contributed by atoms with Crippen LogP contribution in [-0.2, 0) is 13.6 Å². The van der Waals surface area contributed by atoms with Gasteiger partial charge in [-0.2, -0.15) is 0 Å². The number of hydrogen-bond acceptors (Lipinski definition) is 3. The van der Waals surface area contributed by atoms with Gasteiger partial charge in [0.15, 0.2) is 8.32 Å². The predicted molar refractivity (Wildman–Crippen MR) is 249 cm³/mol. The summed E-state index contributed by atoms with van der Waals surface area (Å²) in [6, 6.07) is 22.0. The van der Waals surface area contributed by atoms with Crippen LogP contribution in [0.15, 0.2) is 107 Å². The van der Waals surface area contributed by atoms with E-state index in [0.717, 1.165) is 51.4 Å². The van der Waals surface area contributed by atoms with Crippen molar-refractivity contribution in [3.05, 3.63) is 107 Å². The molecule has 5 heteroatoms. The van der Waals surface area contributed by atoms with Crippen LogP contribution >= 0.6 is 0 Å². The Kier molecular flexibility index (Phi) is 17.8. The van der Waals surface area contributed by atoms with Crippen LogP contribution in [0.2, 0.25) is 23.2 Å². The quantitative estimate of drug-likeness (QED) is 0.105. The molecule has 2 aromatic carbocycles. The van der Waals surface area contributed by atoms with Crippen molar-refractivity contribution < 1.29 is 13.6 Å². The highest BCUT2D eigenvalue weighted by atomic mass is 28.4. The van der Waals surface area contributed by atoms with Gasteiger partial charge in [0.05, 0.1) is 13.2 Å². The maximum Gasteiger partial charge on any atom is 0.261 e. The second-order valence-corrected chi connectivity index (χ2v) is 29.3. The molecule has 0 amide bonds. The molecule has 2 aromatic rings. The molecule has 56 heavy (non-hydrogen) atoms. The first-order valence-corrected chi connectivity index (χ1v) is 26.5. The Bertz CT molecular complexity index is 1600. The lowest BCUT2D eigenvalue weighted by molar-refractivity contribution is -0.132. The van der Waals surface area contributed by atoms with Gasteiger partial charge in [0.1, 0.15) is 5.78 Å². The summed E-state index contributed by atoms with van der Waals surface area (Å²) in [6.07, 6.45) is 18.3. The number of rotatable bonds is 19. The summed E-state index contributed by atoms with van der Waals surface area (Å²) in [4.78, 5) is 13.3. The zero-order valence-electron chi connectivity index (χ0n) is 38.2. The summed E-state index contributed by atoms with van der Waals surface area (Å²) in [6.45, 7) is 33.5. The molecule has 310 valence electrons. The minimum absolute atomic E-state index is 0.0136. The fraction of sp³-hybridized carbons (Fsp3) is 0.588. The normalized spacial score (nSPS) is 19.0. The Morgan fingerprint density at radius 2 is 1.29 bits per heavy atom. The molecule has 0 unspecified atom stereocenters. The Labute approximate surface area is 346 Å². The Balaban J connectivity index is 1.70. The lowest BCUT2D eigenvalue weighted by Gasteiger charge is -2.44. The maximum absolute atomic E-state index is 13.3. The summed E-state index contributed by atoms with van der Waals surface area (Å²) >= 11 is 0. The molecule has 0 aliphatic heterocycles. The van der Waals surface area contributed by atoms with Crippen molar-refractivity contribution in [1.29, 1.82) is 0 Å². The van der Waals surface area contributed by atoms with E-state index in [0.29, 0.717) is 31.3 Å². The summed E-state index contributed by atoms with van der Waals surface area (Å²) in [5.41, 5.74) is 5.54. The number of benzene rings is 2. The minimum Gasteiger partial charge on any atom is -0.413 e. The van der Waals surface area contributed by atoms with E-state index in [4.69, 9.17) is 8.85 Å². The molecule has 1 aliphatic carbocycles. The first-order valence-electron chi connectivity index (χ1n) is 21.7. The molecular formula is C51H80O3Si2. The van der Waals surface area contributed by atoms with Gasteiger partial charge in [-0.3, -0.25) is 4.79 Å². The van der Waals surface area contributed by atoms with Gasteiger partial charge in [-0.15, -0.1) is 0 Å². The summed E-state index contributed by atoms with van der Waals surface area (Å²) < 4.78 is 13.8. The molecule has 2 atom stereocenters. The third-order valence-corrected chi connectivity index (χ3v) is 22.7. The van der Waals surface area contributed by atoms with Gasteiger partial charge in [-0.1, -0.05) is 157 Å². The Hall–Kier alpha value is -2.58. The highest BCUT2D eigenvalue weighted by Gasteiger charge is 2.50. The lowest BCUT2D eigenvalue weighted by Crippen LogP contribution is -2.66. The second kappa shape index (κ2) is 20.9. The average Bonchev–Trinajstić information content (AvgIpc) is 3.10. The number of carbonyl (C=O) groups is 1. The molecule has 3 nitrogen and oxygen atoms in total. The Morgan fingerprint density at radius 1 is 0.732 bits per heavy atom. The average molecular weight is 797 g/mol. The van der Waals surface area contributed by atoms with E-state index in [1.54, 1.807) is 0 Å². The summed E-state index contributed by atoms with van der Waals surface area (Å²) in [7, 11) is -4.39. The van der Waals surface area contributed by atoms with Gasteiger partial charge < -0.3 is 8.85 Å². The van der Waals surface area contributed by atoms with E-state index in [-0.39, 0.29) is 21.4 Å². The number of hydrogen-bond donors (Lipinski definition) is 0. The number of ketones is 1. The van der Waals surface area contributed by atoms with E-state index in [2.05, 4.69) is 181 Å². The van der Waals surface area contributed by atoms with Crippen LogP contribution in [-0.4, -0.2) is 35.6 Å². The molecule has 1 fully saturated rings. The smallest absolute Gasteiger partial charge is 0.261 e. The van der Waals surface area contributed by atoms with Gasteiger partial charge in [0.25, 0.3) is 8.32 Å². The molecule has 0 radical (unpaired) electrons. The predicted octanol–water partition coefficient (Wildman–Crippen LogP) is 13.7. The zero-order chi connectivity index (χ0) is 41.8. The van der Waals surface area contributed by atoms with Gasteiger partial charge in [-0.25, -0.2) is 0 Å². The molecule has 1 aliphatic rings. The zero-order valence-corrected chi connectivity index (χ0v) is 40.2. The summed E-state index contributed by atoms with van der Waals surface area (Å²) in [5, 5.41) is 2.82. The van der Waals surface area contributed by atoms with Crippen LogP contribution in [0.4, 0.5) is 0 Å². The van der Waals surface area contributed by atoms with Gasteiger partial charge in [0, 0.05) is 12.3 Å². The van der Waals surface area contributed by atoms with E-state index >= 15 is 0 Å². The van der Waals surface area contributed by atoms with Crippen LogP contribution in [0.5, 0.6) is 0 Å². The number of carbonyl (C=O) groups excluding carboxylic acids is 1. The first-order chi connectivity index (χ1) is 26.1. The first kappa shape index (κ1) is 47.8. The van der Waals surface area contributed by atoms with Crippen LogP contribution < -0.4 is 10.4 Å². The van der Waals surface area contributed by atoms with Gasteiger partial charge >= 0.3 is 0 Å². The van der Waals surface area contributed by atoms with E-state index in [9.17, 15) is 4.79 Å². The highest BCUT2D eigenvalue weighted by molar-refractivity contribution is 6.99. The van der Waals surface area contributed by atoms with Crippen LogP contribution in [0.25, 0.3) is 0 Å². The molecule has 1 saturated carbocycles. The van der Waals surface area contributed by atoms with Crippen LogP contribution in [0, 0.1) is 17.3 Å². The number of Topliss-reactive ketones (excluding diaryl/α,β-unsaturated/α-hetero) is 1. The Morgan fingerprint density at radius 3 is 1.82 bits per heavy atom. The van der Waals surface area contributed by atoms with Crippen molar-refractivity contribution in [3.63, 3.8) is 0 Å². The fourth-order valence-corrected chi connectivity index (χ4v) is 13.8. The maximum atomic E-state index is 13.3. The standard InChI is InChI=1S/C51H80O3Si2/c1-40(2)23-21-25-43(39-54-56(50(8,9)10,45-27-17-15-18-28-45)46-29-19-16-20-30-46)26-22-24-41(3)31-33-44-34-36-48(52)47(51(44,11)12)35-32-42(4)37-38-53-55(13,14)49(5,6)7/h15-20,23,26-31,37,44,47H,21-22,24-25,32-36,38-39H2,1-14H3/b41-31+,42-37+,43-26-/t44-,47+/m0/s1. The summed E-state index contributed by atoms with van der Waals surface area (Å²) in [5.74, 6) is 1.09. The lowest BCUT2D eigenvalue weighted by atomic mass is 9.59. The topological polar surface area (TPSA) is 35.5 Å². The van der Waals surface area contributed by atoms with E-state index < -0.39 is 16.6 Å². The number of allylic oxidation sites excluding steroid dienone is 6. The molecule has 0 heterocycles. The second-order valence-electron chi connectivity index (χ2n) is 20.2. The van der Waals surface area contributed by atoms with Gasteiger partial charge in [-0.05, 0) is 130 Å². The minimum atomic E-state index is -2.62. The van der Waals surface area contributed by atoms with E-state index in [1.165, 1.54) is 32.7 Å². The molecule has 0 bridgehead atoms.